The Balaban J connectivity index is 0.00000392. The summed E-state index contributed by atoms with van der Waals surface area (Å²) in [6.45, 7) is 7.58. The Morgan fingerprint density at radius 2 is 1.86 bits per heavy atom. The normalized spacial score (nSPS) is 16.2. The second-order valence-corrected chi connectivity index (χ2v) is 7.65. The Morgan fingerprint density at radius 3 is 2.43 bits per heavy atom. The van der Waals surface area contributed by atoms with Gasteiger partial charge >= 0.3 is 0 Å². The van der Waals surface area contributed by atoms with E-state index in [0.29, 0.717) is 13.1 Å². The fraction of sp³-hybridized carbons (Fsp3) is 0.750. The molecule has 1 aliphatic rings. The Hall–Kier alpha value is -1.32. The van der Waals surface area contributed by atoms with E-state index in [9.17, 15) is 4.79 Å². The molecule has 1 atom stereocenters. The van der Waals surface area contributed by atoms with Crippen molar-refractivity contribution < 1.29 is 4.79 Å². The minimum Gasteiger partial charge on any atom is -0.355 e. The molecule has 0 bridgehead atoms. The molecule has 1 aromatic rings. The van der Waals surface area contributed by atoms with E-state index in [1.807, 2.05) is 11.7 Å². The van der Waals surface area contributed by atoms with Crippen LogP contribution in [0, 0.1) is 19.8 Å². The number of guanidine groups is 1. The van der Waals surface area contributed by atoms with Crippen molar-refractivity contribution in [3.63, 3.8) is 0 Å². The highest BCUT2D eigenvalue weighted by Crippen LogP contribution is 2.23. The van der Waals surface area contributed by atoms with E-state index in [1.54, 1.807) is 7.05 Å². The largest absolute Gasteiger partial charge is 0.355 e. The lowest BCUT2D eigenvalue weighted by atomic mass is 9.89. The molecule has 28 heavy (non-hydrogen) atoms. The summed E-state index contributed by atoms with van der Waals surface area (Å²) in [5, 5.41) is 14.2. The summed E-state index contributed by atoms with van der Waals surface area (Å²) in [4.78, 5) is 16.5. The van der Waals surface area contributed by atoms with E-state index in [2.05, 4.69) is 46.8 Å². The van der Waals surface area contributed by atoms with E-state index in [-0.39, 0.29) is 41.8 Å². The fourth-order valence-electron chi connectivity index (χ4n) is 3.77. The molecule has 1 saturated carbocycles. The van der Waals surface area contributed by atoms with Gasteiger partial charge in [-0.05, 0) is 45.6 Å². The molecule has 3 N–H and O–H groups in total. The molecular weight excluding hydrogens is 467 g/mol. The van der Waals surface area contributed by atoms with Crippen LogP contribution >= 0.6 is 24.0 Å². The molecule has 2 rings (SSSR count). The summed E-state index contributed by atoms with van der Waals surface area (Å²) < 4.78 is 1.93. The lowest BCUT2D eigenvalue weighted by Crippen LogP contribution is -2.46. The number of amides is 1. The first-order chi connectivity index (χ1) is 12.9. The monoisotopic (exact) mass is 504 g/mol. The molecule has 0 aliphatic heterocycles. The summed E-state index contributed by atoms with van der Waals surface area (Å²) in [6.07, 6.45) is 6.59. The molecule has 160 valence electrons. The molecule has 1 aromatic heterocycles. The van der Waals surface area contributed by atoms with Crippen LogP contribution < -0.4 is 16.0 Å². The predicted molar refractivity (Wildman–Crippen MR) is 125 cm³/mol. The zero-order chi connectivity index (χ0) is 19.8. The number of carbonyl (C=O) groups excluding carboxylic acids is 1. The van der Waals surface area contributed by atoms with Crippen LogP contribution in [0.5, 0.6) is 0 Å². The van der Waals surface area contributed by atoms with Gasteiger partial charge in [-0.25, -0.2) is 0 Å². The number of nitrogens with zero attached hydrogens (tertiary/aromatic N) is 3. The third-order valence-corrected chi connectivity index (χ3v) is 5.47. The van der Waals surface area contributed by atoms with Crippen molar-refractivity contribution >= 4 is 35.8 Å². The van der Waals surface area contributed by atoms with E-state index in [1.165, 1.54) is 30.5 Å². The van der Waals surface area contributed by atoms with Crippen molar-refractivity contribution in [3.05, 3.63) is 17.0 Å². The molecule has 1 fully saturated rings. The number of carbonyl (C=O) groups is 1. The van der Waals surface area contributed by atoms with Crippen molar-refractivity contribution in [1.82, 2.24) is 25.7 Å². The first-order valence-electron chi connectivity index (χ1n) is 10.2. The van der Waals surface area contributed by atoms with Crippen LogP contribution in [0.4, 0.5) is 0 Å². The molecule has 1 unspecified atom stereocenters. The van der Waals surface area contributed by atoms with Crippen LogP contribution in [0.15, 0.2) is 4.99 Å². The van der Waals surface area contributed by atoms with Gasteiger partial charge in [-0.15, -0.1) is 24.0 Å². The highest BCUT2D eigenvalue weighted by molar-refractivity contribution is 14.0. The number of rotatable bonds is 7. The summed E-state index contributed by atoms with van der Waals surface area (Å²) in [5.74, 6) is 1.17. The number of aromatic nitrogens is 2. The van der Waals surface area contributed by atoms with Gasteiger partial charge in [-0.1, -0.05) is 19.3 Å². The van der Waals surface area contributed by atoms with Gasteiger partial charge in [0.25, 0.3) is 0 Å². The van der Waals surface area contributed by atoms with Crippen LogP contribution in [-0.2, 0) is 18.3 Å². The van der Waals surface area contributed by atoms with E-state index < -0.39 is 0 Å². The third-order valence-electron chi connectivity index (χ3n) is 5.47. The van der Waals surface area contributed by atoms with Crippen molar-refractivity contribution in [3.8, 4) is 0 Å². The van der Waals surface area contributed by atoms with Gasteiger partial charge in [0.1, 0.15) is 0 Å². The van der Waals surface area contributed by atoms with E-state index in [4.69, 9.17) is 0 Å². The minimum absolute atomic E-state index is 0. The second-order valence-electron chi connectivity index (χ2n) is 7.65. The van der Waals surface area contributed by atoms with Gasteiger partial charge in [-0.3, -0.25) is 14.5 Å². The highest BCUT2D eigenvalue weighted by atomic mass is 127. The lowest BCUT2D eigenvalue weighted by Gasteiger charge is -2.21. The predicted octanol–water partition coefficient (Wildman–Crippen LogP) is 2.45. The average molecular weight is 504 g/mol. The topological polar surface area (TPSA) is 83.3 Å². The van der Waals surface area contributed by atoms with Crippen molar-refractivity contribution in [2.75, 3.05) is 20.1 Å². The summed E-state index contributed by atoms with van der Waals surface area (Å²) in [7, 11) is 3.75. The maximum absolute atomic E-state index is 12.2. The van der Waals surface area contributed by atoms with E-state index >= 15 is 0 Å². The number of hydrogen-bond acceptors (Lipinski definition) is 3. The Morgan fingerprint density at radius 1 is 1.21 bits per heavy atom. The van der Waals surface area contributed by atoms with Crippen LogP contribution in [0.1, 0.15) is 56.0 Å². The molecule has 0 spiro atoms. The first-order valence-corrected chi connectivity index (χ1v) is 10.2. The molecule has 0 saturated heterocycles. The second kappa shape index (κ2) is 12.3. The average Bonchev–Trinajstić information content (AvgIpc) is 2.90. The molecular formula is C20H37IN6O. The van der Waals surface area contributed by atoms with Gasteiger partial charge in [-0.2, -0.15) is 5.10 Å². The molecule has 0 radical (unpaired) electrons. The molecule has 1 aliphatic carbocycles. The van der Waals surface area contributed by atoms with Crippen molar-refractivity contribution in [2.45, 2.75) is 65.3 Å². The molecule has 8 heteroatoms. The van der Waals surface area contributed by atoms with Crippen molar-refractivity contribution in [1.29, 1.82) is 0 Å². The first kappa shape index (κ1) is 24.7. The van der Waals surface area contributed by atoms with Crippen molar-refractivity contribution in [2.24, 2.45) is 18.0 Å². The van der Waals surface area contributed by atoms with Gasteiger partial charge in [0.05, 0.1) is 5.69 Å². The van der Waals surface area contributed by atoms with Gasteiger partial charge < -0.3 is 16.0 Å². The number of aryl methyl sites for hydroxylation is 2. The fourth-order valence-corrected chi connectivity index (χ4v) is 3.77. The Kier molecular flexibility index (Phi) is 10.8. The van der Waals surface area contributed by atoms with Gasteiger partial charge in [0.15, 0.2) is 5.96 Å². The smallest absolute Gasteiger partial charge is 0.223 e. The third kappa shape index (κ3) is 7.25. The maximum Gasteiger partial charge on any atom is 0.223 e. The maximum atomic E-state index is 12.2. The van der Waals surface area contributed by atoms with Crippen LogP contribution in [-0.4, -0.2) is 47.8 Å². The van der Waals surface area contributed by atoms with Crippen LogP contribution in [0.25, 0.3) is 0 Å². The van der Waals surface area contributed by atoms with Crippen LogP contribution in [0.3, 0.4) is 0 Å². The summed E-state index contributed by atoms with van der Waals surface area (Å²) in [5.41, 5.74) is 3.57. The van der Waals surface area contributed by atoms with Gasteiger partial charge in [0, 0.05) is 44.8 Å². The standard InChI is InChI=1S/C20H36N6O.HI/c1-14(13-18-15(2)25-26(5)16(18)3)24-20(21-4)23-12-11-22-19(27)17-9-7-6-8-10-17;/h14,17H,6-13H2,1-5H3,(H,22,27)(H2,21,23,24);1H. The van der Waals surface area contributed by atoms with Crippen LogP contribution in [0.2, 0.25) is 0 Å². The SMILES string of the molecule is CN=C(NCCNC(=O)C1CCCCC1)NC(C)Cc1c(C)nn(C)c1C.I. The number of halogens is 1. The minimum atomic E-state index is 0. The number of nitrogens with one attached hydrogen (secondary N) is 3. The van der Waals surface area contributed by atoms with Gasteiger partial charge in [0.2, 0.25) is 5.91 Å². The number of aliphatic imine (C=N–C) groups is 1. The molecule has 1 amide bonds. The molecule has 1 heterocycles. The Bertz CT molecular complexity index is 651. The zero-order valence-corrected chi connectivity index (χ0v) is 20.3. The molecule has 0 aromatic carbocycles. The highest BCUT2D eigenvalue weighted by Gasteiger charge is 2.20. The Labute approximate surface area is 186 Å². The number of hydrogen-bond donors (Lipinski definition) is 3. The quantitative estimate of drug-likeness (QED) is 0.231. The summed E-state index contributed by atoms with van der Waals surface area (Å²) in [6, 6.07) is 0.231. The molecule has 7 nitrogen and oxygen atoms in total. The van der Waals surface area contributed by atoms with E-state index in [0.717, 1.165) is 30.9 Å². The zero-order valence-electron chi connectivity index (χ0n) is 18.0. The summed E-state index contributed by atoms with van der Waals surface area (Å²) >= 11 is 0. The lowest BCUT2D eigenvalue weighted by molar-refractivity contribution is -0.125.